The molecule has 3 nitrogen and oxygen atoms in total. The van der Waals surface area contributed by atoms with Crippen molar-refractivity contribution >= 4 is 0 Å². The summed E-state index contributed by atoms with van der Waals surface area (Å²) in [6.45, 7) is 14.9. The van der Waals surface area contributed by atoms with Gasteiger partial charge in [0, 0.05) is 44.3 Å². The van der Waals surface area contributed by atoms with E-state index in [-0.39, 0.29) is 5.54 Å². The SMILES string of the molecule is CCC(C)NCC(C)(C)N1CCNCC1. The zero-order valence-electron chi connectivity index (χ0n) is 10.8. The summed E-state index contributed by atoms with van der Waals surface area (Å²) in [5.74, 6) is 0. The van der Waals surface area contributed by atoms with Gasteiger partial charge in [0.15, 0.2) is 0 Å². The molecule has 2 N–H and O–H groups in total. The van der Waals surface area contributed by atoms with E-state index < -0.39 is 0 Å². The van der Waals surface area contributed by atoms with Gasteiger partial charge in [0.2, 0.25) is 0 Å². The molecule has 0 amide bonds. The van der Waals surface area contributed by atoms with Crippen LogP contribution in [0.4, 0.5) is 0 Å². The van der Waals surface area contributed by atoms with Gasteiger partial charge in [0.1, 0.15) is 0 Å². The van der Waals surface area contributed by atoms with Gasteiger partial charge in [-0.05, 0) is 27.2 Å². The molecule has 1 rings (SSSR count). The first kappa shape index (κ1) is 12.9. The predicted octanol–water partition coefficient (Wildman–Crippen LogP) is 1.06. The van der Waals surface area contributed by atoms with Crippen molar-refractivity contribution in [1.82, 2.24) is 15.5 Å². The second-order valence-corrected chi connectivity index (χ2v) is 5.24. The maximum Gasteiger partial charge on any atom is 0.0278 e. The van der Waals surface area contributed by atoms with Crippen LogP contribution in [0.1, 0.15) is 34.1 Å². The maximum absolute atomic E-state index is 3.61. The average molecular weight is 213 g/mol. The molecule has 90 valence electrons. The molecule has 15 heavy (non-hydrogen) atoms. The molecule has 1 unspecified atom stereocenters. The second kappa shape index (κ2) is 5.83. The van der Waals surface area contributed by atoms with Gasteiger partial charge in [-0.15, -0.1) is 0 Å². The van der Waals surface area contributed by atoms with Crippen LogP contribution in [0.3, 0.4) is 0 Å². The summed E-state index contributed by atoms with van der Waals surface area (Å²) >= 11 is 0. The molecule has 0 aromatic rings. The van der Waals surface area contributed by atoms with Crippen molar-refractivity contribution in [2.24, 2.45) is 0 Å². The lowest BCUT2D eigenvalue weighted by atomic mass is 10.0. The van der Waals surface area contributed by atoms with Crippen LogP contribution in [-0.2, 0) is 0 Å². The van der Waals surface area contributed by atoms with Crippen LogP contribution in [0.25, 0.3) is 0 Å². The monoisotopic (exact) mass is 213 g/mol. The summed E-state index contributed by atoms with van der Waals surface area (Å²) in [4.78, 5) is 2.58. The fourth-order valence-corrected chi connectivity index (χ4v) is 1.95. The third-order valence-electron chi connectivity index (χ3n) is 3.47. The molecule has 0 radical (unpaired) electrons. The van der Waals surface area contributed by atoms with E-state index in [9.17, 15) is 0 Å². The number of nitrogens with one attached hydrogen (secondary N) is 2. The fourth-order valence-electron chi connectivity index (χ4n) is 1.95. The van der Waals surface area contributed by atoms with E-state index >= 15 is 0 Å². The van der Waals surface area contributed by atoms with Gasteiger partial charge in [-0.3, -0.25) is 4.90 Å². The second-order valence-electron chi connectivity index (χ2n) is 5.24. The molecule has 0 bridgehead atoms. The molecule has 1 aliphatic rings. The highest BCUT2D eigenvalue weighted by Crippen LogP contribution is 2.14. The Hall–Kier alpha value is -0.120. The number of nitrogens with zero attached hydrogens (tertiary/aromatic N) is 1. The summed E-state index contributed by atoms with van der Waals surface area (Å²) in [7, 11) is 0. The van der Waals surface area contributed by atoms with E-state index in [1.165, 1.54) is 19.5 Å². The van der Waals surface area contributed by atoms with Crippen LogP contribution in [0.15, 0.2) is 0 Å². The van der Waals surface area contributed by atoms with Gasteiger partial charge in [-0.1, -0.05) is 6.92 Å². The number of hydrogen-bond donors (Lipinski definition) is 2. The van der Waals surface area contributed by atoms with Gasteiger partial charge in [-0.25, -0.2) is 0 Å². The summed E-state index contributed by atoms with van der Waals surface area (Å²) in [5, 5.41) is 7.01. The third kappa shape index (κ3) is 4.09. The topological polar surface area (TPSA) is 27.3 Å². The Morgan fingerprint density at radius 3 is 2.47 bits per heavy atom. The summed E-state index contributed by atoms with van der Waals surface area (Å²) < 4.78 is 0. The van der Waals surface area contributed by atoms with Gasteiger partial charge < -0.3 is 10.6 Å². The van der Waals surface area contributed by atoms with Crippen LogP contribution >= 0.6 is 0 Å². The van der Waals surface area contributed by atoms with Crippen molar-refractivity contribution in [2.45, 2.75) is 45.7 Å². The van der Waals surface area contributed by atoms with Crippen LogP contribution < -0.4 is 10.6 Å². The quantitative estimate of drug-likeness (QED) is 0.715. The van der Waals surface area contributed by atoms with E-state index in [0.717, 1.165) is 19.6 Å². The van der Waals surface area contributed by atoms with Gasteiger partial charge in [-0.2, -0.15) is 0 Å². The van der Waals surface area contributed by atoms with Crippen molar-refractivity contribution in [2.75, 3.05) is 32.7 Å². The van der Waals surface area contributed by atoms with Gasteiger partial charge >= 0.3 is 0 Å². The third-order valence-corrected chi connectivity index (χ3v) is 3.47. The smallest absolute Gasteiger partial charge is 0.0278 e. The highest BCUT2D eigenvalue weighted by Gasteiger charge is 2.27. The molecule has 1 atom stereocenters. The highest BCUT2D eigenvalue weighted by atomic mass is 15.2. The number of piperazine rings is 1. The van der Waals surface area contributed by atoms with Gasteiger partial charge in [0.05, 0.1) is 0 Å². The van der Waals surface area contributed by atoms with Crippen molar-refractivity contribution in [3.8, 4) is 0 Å². The Morgan fingerprint density at radius 1 is 1.33 bits per heavy atom. The molecule has 0 aliphatic carbocycles. The van der Waals surface area contributed by atoms with Gasteiger partial charge in [0.25, 0.3) is 0 Å². The molecule has 1 aliphatic heterocycles. The van der Waals surface area contributed by atoms with Crippen LogP contribution in [-0.4, -0.2) is 49.2 Å². The molecule has 1 saturated heterocycles. The minimum atomic E-state index is 0.283. The minimum Gasteiger partial charge on any atom is -0.314 e. The Bertz CT molecular complexity index is 174. The first-order chi connectivity index (χ1) is 7.06. The van der Waals surface area contributed by atoms with E-state index in [0.29, 0.717) is 6.04 Å². The maximum atomic E-state index is 3.61. The molecule has 1 fully saturated rings. The first-order valence-corrected chi connectivity index (χ1v) is 6.25. The molecular formula is C12H27N3. The van der Waals surface area contributed by atoms with Crippen molar-refractivity contribution in [3.05, 3.63) is 0 Å². The van der Waals surface area contributed by atoms with Crippen LogP contribution in [0.2, 0.25) is 0 Å². The summed E-state index contributed by atoms with van der Waals surface area (Å²) in [5.41, 5.74) is 0.283. The average Bonchev–Trinajstić information content (AvgIpc) is 2.27. The standard InChI is InChI=1S/C12H27N3/c1-5-11(2)14-10-12(3,4)15-8-6-13-7-9-15/h11,13-14H,5-10H2,1-4H3. The molecule has 0 aromatic heterocycles. The summed E-state index contributed by atoms with van der Waals surface area (Å²) in [6.07, 6.45) is 1.21. The number of rotatable bonds is 5. The largest absolute Gasteiger partial charge is 0.314 e. The van der Waals surface area contributed by atoms with Crippen molar-refractivity contribution in [3.63, 3.8) is 0 Å². The molecule has 1 heterocycles. The zero-order chi connectivity index (χ0) is 11.3. The molecule has 0 saturated carbocycles. The minimum absolute atomic E-state index is 0.283. The van der Waals surface area contributed by atoms with E-state index in [1.807, 2.05) is 0 Å². The van der Waals surface area contributed by atoms with Crippen LogP contribution in [0.5, 0.6) is 0 Å². The van der Waals surface area contributed by atoms with E-state index in [4.69, 9.17) is 0 Å². The summed E-state index contributed by atoms with van der Waals surface area (Å²) in [6, 6.07) is 0.632. The fraction of sp³-hybridized carbons (Fsp3) is 1.00. The molecule has 3 heteroatoms. The Kier molecular flexibility index (Phi) is 5.03. The van der Waals surface area contributed by atoms with Crippen molar-refractivity contribution in [1.29, 1.82) is 0 Å². The lowest BCUT2D eigenvalue weighted by Gasteiger charge is -2.41. The molecule has 0 spiro atoms. The molecular weight excluding hydrogens is 186 g/mol. The number of hydrogen-bond acceptors (Lipinski definition) is 3. The molecule has 0 aromatic carbocycles. The van der Waals surface area contributed by atoms with E-state index in [2.05, 4.69) is 43.2 Å². The Labute approximate surface area is 94.6 Å². The highest BCUT2D eigenvalue weighted by molar-refractivity contribution is 4.87. The van der Waals surface area contributed by atoms with E-state index in [1.54, 1.807) is 0 Å². The lowest BCUT2D eigenvalue weighted by molar-refractivity contribution is 0.0997. The zero-order valence-corrected chi connectivity index (χ0v) is 10.8. The first-order valence-electron chi connectivity index (χ1n) is 6.25. The lowest BCUT2D eigenvalue weighted by Crippen LogP contribution is -2.57. The Morgan fingerprint density at radius 2 is 1.93 bits per heavy atom. The van der Waals surface area contributed by atoms with Crippen LogP contribution in [0, 0.1) is 0 Å². The predicted molar refractivity (Wildman–Crippen MR) is 66.3 cm³/mol. The van der Waals surface area contributed by atoms with Crippen molar-refractivity contribution < 1.29 is 0 Å². The Balaban J connectivity index is 2.35. The normalized spacial score (nSPS) is 21.6.